The van der Waals surface area contributed by atoms with Crippen molar-refractivity contribution in [3.05, 3.63) is 35.4 Å². The highest BCUT2D eigenvalue weighted by molar-refractivity contribution is 5.21. The van der Waals surface area contributed by atoms with Crippen molar-refractivity contribution in [3.8, 4) is 0 Å². The van der Waals surface area contributed by atoms with Crippen LogP contribution in [0.5, 0.6) is 0 Å². The normalized spacial score (nSPS) is 19.5. The highest BCUT2D eigenvalue weighted by Crippen LogP contribution is 2.33. The van der Waals surface area contributed by atoms with Crippen molar-refractivity contribution in [2.45, 2.75) is 44.2 Å². The highest BCUT2D eigenvalue weighted by atomic mass is 19.1. The number of hydrogen-bond acceptors (Lipinski definition) is 2. The van der Waals surface area contributed by atoms with Crippen molar-refractivity contribution in [2.24, 2.45) is 0 Å². The smallest absolute Gasteiger partial charge is 0.130 e. The average Bonchev–Trinajstić information content (AvgIpc) is 2.86. The lowest BCUT2D eigenvalue weighted by Gasteiger charge is -2.37. The van der Waals surface area contributed by atoms with Crippen LogP contribution < -0.4 is 5.32 Å². The quantitative estimate of drug-likeness (QED) is 0.889. The molecule has 0 radical (unpaired) electrons. The topological polar surface area (TPSA) is 15.3 Å². The monoisotopic (exact) mass is 282 g/mol. The van der Waals surface area contributed by atoms with Crippen LogP contribution in [0.2, 0.25) is 0 Å². The van der Waals surface area contributed by atoms with E-state index in [4.69, 9.17) is 0 Å². The van der Waals surface area contributed by atoms with Gasteiger partial charge >= 0.3 is 0 Å². The Bertz CT molecular complexity index is 454. The molecular formula is C16H24F2N2. The molecule has 0 saturated heterocycles. The van der Waals surface area contributed by atoms with Crippen molar-refractivity contribution in [1.82, 2.24) is 10.2 Å². The van der Waals surface area contributed by atoms with Crippen molar-refractivity contribution in [1.29, 1.82) is 0 Å². The van der Waals surface area contributed by atoms with Crippen molar-refractivity contribution in [2.75, 3.05) is 20.6 Å². The van der Waals surface area contributed by atoms with E-state index in [1.807, 2.05) is 6.92 Å². The molecule has 1 N–H and O–H groups in total. The van der Waals surface area contributed by atoms with Crippen LogP contribution in [0.15, 0.2) is 18.2 Å². The first-order valence-corrected chi connectivity index (χ1v) is 7.30. The number of halogens is 2. The summed E-state index contributed by atoms with van der Waals surface area (Å²) in [6.45, 7) is 2.76. The average molecular weight is 282 g/mol. The maximum absolute atomic E-state index is 13.8. The molecule has 112 valence electrons. The summed E-state index contributed by atoms with van der Waals surface area (Å²) in [5, 5.41) is 3.42. The maximum atomic E-state index is 13.8. The van der Waals surface area contributed by atoms with E-state index in [1.54, 1.807) is 0 Å². The maximum Gasteiger partial charge on any atom is 0.130 e. The van der Waals surface area contributed by atoms with E-state index in [9.17, 15) is 8.78 Å². The molecule has 0 aliphatic heterocycles. The molecule has 1 aromatic rings. The Kier molecular flexibility index (Phi) is 4.76. The number of nitrogens with zero attached hydrogens (tertiary/aromatic N) is 1. The minimum atomic E-state index is -0.529. The van der Waals surface area contributed by atoms with Gasteiger partial charge in [0.1, 0.15) is 11.6 Å². The standard InChI is InChI=1S/C16H24F2N2/c1-12(14-7-6-13(17)10-15(14)18)19-11-16(20(2)3)8-4-5-9-16/h6-7,10,12,19H,4-5,8-9,11H2,1-3H3. The highest BCUT2D eigenvalue weighted by Gasteiger charge is 2.35. The molecule has 1 atom stereocenters. The second-order valence-electron chi connectivity index (χ2n) is 6.09. The third kappa shape index (κ3) is 3.18. The lowest BCUT2D eigenvalue weighted by atomic mass is 9.95. The van der Waals surface area contributed by atoms with Crippen LogP contribution in [-0.2, 0) is 0 Å². The van der Waals surface area contributed by atoms with Gasteiger partial charge in [-0.2, -0.15) is 0 Å². The first kappa shape index (κ1) is 15.4. The van der Waals surface area contributed by atoms with E-state index in [1.165, 1.54) is 37.8 Å². The van der Waals surface area contributed by atoms with Gasteiger partial charge < -0.3 is 10.2 Å². The van der Waals surface area contributed by atoms with Crippen LogP contribution in [0.3, 0.4) is 0 Å². The molecule has 2 nitrogen and oxygen atoms in total. The zero-order valence-corrected chi connectivity index (χ0v) is 12.5. The van der Waals surface area contributed by atoms with E-state index in [0.717, 1.165) is 12.6 Å². The molecule has 1 saturated carbocycles. The van der Waals surface area contributed by atoms with Gasteiger partial charge in [-0.25, -0.2) is 8.78 Å². The van der Waals surface area contributed by atoms with E-state index in [-0.39, 0.29) is 11.6 Å². The van der Waals surface area contributed by atoms with Gasteiger partial charge in [0.2, 0.25) is 0 Å². The summed E-state index contributed by atoms with van der Waals surface area (Å²) < 4.78 is 26.7. The van der Waals surface area contributed by atoms with Gasteiger partial charge in [-0.15, -0.1) is 0 Å². The molecule has 0 heterocycles. The zero-order valence-electron chi connectivity index (χ0n) is 12.5. The largest absolute Gasteiger partial charge is 0.308 e. The molecule has 4 heteroatoms. The predicted octanol–water partition coefficient (Wildman–Crippen LogP) is 3.49. The summed E-state index contributed by atoms with van der Waals surface area (Å²) >= 11 is 0. The van der Waals surface area contributed by atoms with Crippen LogP contribution in [0.1, 0.15) is 44.2 Å². The van der Waals surface area contributed by atoms with Crippen LogP contribution in [-0.4, -0.2) is 31.1 Å². The Morgan fingerprint density at radius 2 is 1.90 bits per heavy atom. The van der Waals surface area contributed by atoms with Gasteiger partial charge in [0.15, 0.2) is 0 Å². The summed E-state index contributed by atoms with van der Waals surface area (Å²) in [6, 6.07) is 3.67. The second kappa shape index (κ2) is 6.19. The minimum Gasteiger partial charge on any atom is -0.308 e. The Labute approximate surface area is 120 Å². The van der Waals surface area contributed by atoms with Crippen LogP contribution in [0, 0.1) is 11.6 Å². The Morgan fingerprint density at radius 3 is 2.45 bits per heavy atom. The summed E-state index contributed by atoms with van der Waals surface area (Å²) in [5.41, 5.74) is 0.698. The van der Waals surface area contributed by atoms with Crippen LogP contribution in [0.4, 0.5) is 8.78 Å². The van der Waals surface area contributed by atoms with Crippen LogP contribution >= 0.6 is 0 Å². The third-order valence-corrected chi connectivity index (χ3v) is 4.65. The number of likely N-dealkylation sites (N-methyl/N-ethyl adjacent to an activating group) is 1. The number of hydrogen-bond donors (Lipinski definition) is 1. The van der Waals surface area contributed by atoms with Crippen LogP contribution in [0.25, 0.3) is 0 Å². The fraction of sp³-hybridized carbons (Fsp3) is 0.625. The van der Waals surface area contributed by atoms with Gasteiger partial charge in [-0.3, -0.25) is 0 Å². The molecule has 0 bridgehead atoms. The molecule has 0 spiro atoms. The predicted molar refractivity (Wildman–Crippen MR) is 77.7 cm³/mol. The first-order valence-electron chi connectivity index (χ1n) is 7.30. The number of rotatable bonds is 5. The first-order chi connectivity index (χ1) is 9.44. The second-order valence-corrected chi connectivity index (χ2v) is 6.09. The molecular weight excluding hydrogens is 258 g/mol. The van der Waals surface area contributed by atoms with Gasteiger partial charge in [0.05, 0.1) is 0 Å². The van der Waals surface area contributed by atoms with Gasteiger partial charge in [0, 0.05) is 29.8 Å². The molecule has 20 heavy (non-hydrogen) atoms. The van der Waals surface area contributed by atoms with Gasteiger partial charge in [-0.05, 0) is 39.9 Å². The lowest BCUT2D eigenvalue weighted by molar-refractivity contribution is 0.150. The Hall–Kier alpha value is -1.00. The number of nitrogens with one attached hydrogen (secondary N) is 1. The molecule has 1 unspecified atom stereocenters. The van der Waals surface area contributed by atoms with E-state index in [2.05, 4.69) is 24.3 Å². The van der Waals surface area contributed by atoms with Gasteiger partial charge in [-0.1, -0.05) is 18.9 Å². The Balaban J connectivity index is 2.02. The zero-order chi connectivity index (χ0) is 14.8. The summed E-state index contributed by atoms with van der Waals surface area (Å²) in [5.74, 6) is -1.01. The summed E-state index contributed by atoms with van der Waals surface area (Å²) in [6.07, 6.45) is 4.84. The van der Waals surface area contributed by atoms with Crippen molar-refractivity contribution >= 4 is 0 Å². The molecule has 0 aromatic heterocycles. The van der Waals surface area contributed by atoms with E-state index in [0.29, 0.717) is 5.56 Å². The fourth-order valence-electron chi connectivity index (χ4n) is 3.12. The molecule has 1 aromatic carbocycles. The summed E-state index contributed by atoms with van der Waals surface area (Å²) in [4.78, 5) is 2.28. The van der Waals surface area contributed by atoms with E-state index < -0.39 is 11.6 Å². The summed E-state index contributed by atoms with van der Waals surface area (Å²) in [7, 11) is 4.21. The fourth-order valence-corrected chi connectivity index (χ4v) is 3.12. The lowest BCUT2D eigenvalue weighted by Crippen LogP contribution is -2.50. The third-order valence-electron chi connectivity index (χ3n) is 4.65. The molecule has 1 fully saturated rings. The molecule has 1 aliphatic carbocycles. The molecule has 2 rings (SSSR count). The van der Waals surface area contributed by atoms with Crippen molar-refractivity contribution < 1.29 is 8.78 Å². The molecule has 1 aliphatic rings. The van der Waals surface area contributed by atoms with E-state index >= 15 is 0 Å². The van der Waals surface area contributed by atoms with Crippen molar-refractivity contribution in [3.63, 3.8) is 0 Å². The Morgan fingerprint density at radius 1 is 1.25 bits per heavy atom. The minimum absolute atomic E-state index is 0.118. The molecule has 0 amide bonds. The SMILES string of the molecule is CC(NCC1(N(C)C)CCCC1)c1ccc(F)cc1F. The van der Waals surface area contributed by atoms with Gasteiger partial charge in [0.25, 0.3) is 0 Å². The number of benzene rings is 1.